The molecule has 2 heteroatoms. The Morgan fingerprint density at radius 2 is 2.00 bits per heavy atom. The molecule has 2 rings (SSSR count). The largest absolute Gasteiger partial charge is 0.264 e. The van der Waals surface area contributed by atoms with Crippen molar-refractivity contribution in [2.75, 3.05) is 0 Å². The van der Waals surface area contributed by atoms with Crippen LogP contribution in [-0.2, 0) is 0 Å². The summed E-state index contributed by atoms with van der Waals surface area (Å²) in [7, 11) is 6.05. The van der Waals surface area contributed by atoms with Gasteiger partial charge in [-0.2, -0.15) is 0 Å². The molecule has 0 saturated carbocycles. The van der Waals surface area contributed by atoms with Crippen molar-refractivity contribution >= 4 is 13.3 Å². The summed E-state index contributed by atoms with van der Waals surface area (Å²) in [6.45, 7) is 5.85. The van der Waals surface area contributed by atoms with Crippen LogP contribution < -0.4 is 5.46 Å². The molecule has 0 atom stereocenters. The number of pyridine rings is 1. The molecule has 1 nitrogen and oxygen atoms in total. The van der Waals surface area contributed by atoms with Crippen LogP contribution in [0.2, 0.25) is 0 Å². The first-order chi connectivity index (χ1) is 8.04. The van der Waals surface area contributed by atoms with Crippen molar-refractivity contribution in [3.8, 4) is 11.1 Å². The molecule has 0 spiro atoms. The summed E-state index contributed by atoms with van der Waals surface area (Å²) in [6, 6.07) is 4.41. The summed E-state index contributed by atoms with van der Waals surface area (Å²) in [6.07, 6.45) is 3.55. The molecule has 0 aliphatic carbocycles. The van der Waals surface area contributed by atoms with Gasteiger partial charge in [-0.3, -0.25) is 4.98 Å². The molecule has 16 heavy (non-hydrogen) atoms. The number of aromatic nitrogens is 1. The van der Waals surface area contributed by atoms with Crippen LogP contribution >= 0.6 is 0 Å². The SMILES string of the molecule is [2H]c1c(C)c([B])c(C)c(-c2cccnc2)c1C. The average Bonchev–Trinajstić information content (AvgIpc) is 2.36. The maximum atomic E-state index is 8.07. The molecular weight excluding hydrogens is 193 g/mol. The molecule has 0 amide bonds. The van der Waals surface area contributed by atoms with Gasteiger partial charge in [0.15, 0.2) is 0 Å². The summed E-state index contributed by atoms with van der Waals surface area (Å²) in [5, 5.41) is 0. The van der Waals surface area contributed by atoms with Crippen LogP contribution in [0.3, 0.4) is 0 Å². The van der Waals surface area contributed by atoms with Crippen molar-refractivity contribution in [3.05, 3.63) is 47.3 Å². The zero-order chi connectivity index (χ0) is 12.6. The van der Waals surface area contributed by atoms with Gasteiger partial charge in [-0.15, -0.1) is 0 Å². The van der Waals surface area contributed by atoms with Gasteiger partial charge in [0.25, 0.3) is 0 Å². The minimum Gasteiger partial charge on any atom is -0.264 e. The molecule has 0 aliphatic rings. The van der Waals surface area contributed by atoms with Crippen molar-refractivity contribution in [1.82, 2.24) is 4.98 Å². The van der Waals surface area contributed by atoms with Crippen molar-refractivity contribution in [2.24, 2.45) is 0 Å². The number of hydrogen-bond acceptors (Lipinski definition) is 1. The highest BCUT2D eigenvalue weighted by Gasteiger charge is 2.09. The van der Waals surface area contributed by atoms with Gasteiger partial charge in [0, 0.05) is 18.0 Å². The molecule has 2 radical (unpaired) electrons. The van der Waals surface area contributed by atoms with Crippen LogP contribution in [0.1, 0.15) is 18.1 Å². The van der Waals surface area contributed by atoms with E-state index in [9.17, 15) is 0 Å². The Kier molecular flexibility index (Phi) is 2.49. The van der Waals surface area contributed by atoms with E-state index in [0.717, 1.165) is 27.8 Å². The molecule has 0 bridgehead atoms. The van der Waals surface area contributed by atoms with Crippen LogP contribution in [0, 0.1) is 20.8 Å². The number of rotatable bonds is 1. The molecule has 0 saturated heterocycles. The summed E-state index contributed by atoms with van der Waals surface area (Å²) in [5.41, 5.74) is 5.60. The van der Waals surface area contributed by atoms with Crippen molar-refractivity contribution in [1.29, 1.82) is 0 Å². The van der Waals surface area contributed by atoms with E-state index in [-0.39, 0.29) is 0 Å². The Hall–Kier alpha value is -1.57. The summed E-state index contributed by atoms with van der Waals surface area (Å²) in [5.74, 6) is 0. The first kappa shape index (κ1) is 9.65. The number of hydrogen-bond donors (Lipinski definition) is 0. The van der Waals surface area contributed by atoms with Crippen LogP contribution in [0.4, 0.5) is 0 Å². The van der Waals surface area contributed by atoms with E-state index in [1.165, 1.54) is 0 Å². The highest BCUT2D eigenvalue weighted by molar-refractivity contribution is 6.34. The fourth-order valence-electron chi connectivity index (χ4n) is 2.05. The first-order valence-corrected chi connectivity index (χ1v) is 5.30. The first-order valence-electron chi connectivity index (χ1n) is 5.80. The Balaban J connectivity index is 2.80. The van der Waals surface area contributed by atoms with Gasteiger partial charge in [0.2, 0.25) is 0 Å². The van der Waals surface area contributed by atoms with Gasteiger partial charge in [-0.05, 0) is 43.5 Å². The maximum Gasteiger partial charge on any atom is 0.114 e. The van der Waals surface area contributed by atoms with E-state index >= 15 is 0 Å². The second kappa shape index (κ2) is 4.13. The summed E-state index contributed by atoms with van der Waals surface area (Å²) < 4.78 is 8.07. The predicted molar refractivity (Wildman–Crippen MR) is 69.3 cm³/mol. The lowest BCUT2D eigenvalue weighted by molar-refractivity contribution is 1.30. The summed E-state index contributed by atoms with van der Waals surface area (Å²) >= 11 is 0. The topological polar surface area (TPSA) is 12.9 Å². The van der Waals surface area contributed by atoms with E-state index in [1.54, 1.807) is 6.20 Å². The van der Waals surface area contributed by atoms with Crippen LogP contribution in [0.25, 0.3) is 11.1 Å². The minimum atomic E-state index is 0.520. The molecule has 0 N–H and O–H groups in total. The van der Waals surface area contributed by atoms with E-state index < -0.39 is 0 Å². The molecule has 0 aliphatic heterocycles. The van der Waals surface area contributed by atoms with Gasteiger partial charge in [-0.1, -0.05) is 23.1 Å². The lowest BCUT2D eigenvalue weighted by Gasteiger charge is -2.15. The fraction of sp³-hybridized carbons (Fsp3) is 0.214. The monoisotopic (exact) mass is 208 g/mol. The molecule has 1 heterocycles. The van der Waals surface area contributed by atoms with Crippen LogP contribution in [-0.4, -0.2) is 12.8 Å². The van der Waals surface area contributed by atoms with E-state index in [4.69, 9.17) is 9.22 Å². The lowest BCUT2D eigenvalue weighted by Crippen LogP contribution is -2.14. The average molecular weight is 208 g/mol. The Labute approximate surface area is 99.4 Å². The maximum absolute atomic E-state index is 8.07. The number of benzene rings is 1. The van der Waals surface area contributed by atoms with Crippen LogP contribution in [0.15, 0.2) is 30.6 Å². The van der Waals surface area contributed by atoms with Gasteiger partial charge >= 0.3 is 0 Å². The molecule has 1 aromatic carbocycles. The molecule has 1 aromatic heterocycles. The van der Waals surface area contributed by atoms with Gasteiger partial charge < -0.3 is 0 Å². The predicted octanol–water partition coefficient (Wildman–Crippen LogP) is 2.47. The second-order valence-corrected chi connectivity index (χ2v) is 4.03. The van der Waals surface area contributed by atoms with Crippen molar-refractivity contribution in [3.63, 3.8) is 0 Å². The van der Waals surface area contributed by atoms with Crippen molar-refractivity contribution < 1.29 is 1.37 Å². The molecule has 2 aromatic rings. The Morgan fingerprint density at radius 1 is 1.25 bits per heavy atom. The highest BCUT2D eigenvalue weighted by Crippen LogP contribution is 2.25. The fourth-order valence-corrected chi connectivity index (χ4v) is 2.05. The molecule has 0 fully saturated rings. The molecular formula is C14H14BN. The third-order valence-corrected chi connectivity index (χ3v) is 2.88. The Bertz CT molecular complexity index is 535. The van der Waals surface area contributed by atoms with Crippen molar-refractivity contribution in [2.45, 2.75) is 20.8 Å². The number of nitrogens with zero attached hydrogens (tertiary/aromatic N) is 1. The lowest BCUT2D eigenvalue weighted by atomic mass is 9.81. The standard InChI is InChI=1S/C14H14BN/c1-9-7-10(2)14(15)11(3)13(9)12-5-4-6-16-8-12/h4-8H,1-3H3/i7D. The zero-order valence-electron chi connectivity index (χ0n) is 10.8. The molecule has 78 valence electrons. The summed E-state index contributed by atoms with van der Waals surface area (Å²) in [4.78, 5) is 4.12. The Morgan fingerprint density at radius 3 is 2.62 bits per heavy atom. The normalized spacial score (nSPS) is 11.3. The quantitative estimate of drug-likeness (QED) is 0.656. The minimum absolute atomic E-state index is 0.520. The third-order valence-electron chi connectivity index (χ3n) is 2.88. The van der Waals surface area contributed by atoms with E-state index in [1.807, 2.05) is 39.1 Å². The van der Waals surface area contributed by atoms with Gasteiger partial charge in [-0.25, -0.2) is 0 Å². The zero-order valence-corrected chi connectivity index (χ0v) is 9.83. The van der Waals surface area contributed by atoms with E-state index in [0.29, 0.717) is 11.5 Å². The van der Waals surface area contributed by atoms with Crippen LogP contribution in [0.5, 0.6) is 0 Å². The van der Waals surface area contributed by atoms with Gasteiger partial charge in [0.05, 0.1) is 1.37 Å². The third kappa shape index (κ3) is 1.76. The van der Waals surface area contributed by atoms with Gasteiger partial charge in [0.1, 0.15) is 7.85 Å². The smallest absolute Gasteiger partial charge is 0.114 e. The molecule has 0 unspecified atom stereocenters. The second-order valence-electron chi connectivity index (χ2n) is 4.03. The highest BCUT2D eigenvalue weighted by atomic mass is 14.6. The van der Waals surface area contributed by atoms with E-state index in [2.05, 4.69) is 4.98 Å².